The monoisotopic (exact) mass is 219 g/mol. The Hall–Kier alpha value is -0.190. The van der Waals surface area contributed by atoms with Crippen molar-refractivity contribution in [1.82, 2.24) is 0 Å². The summed E-state index contributed by atoms with van der Waals surface area (Å²) in [7, 11) is 0.287. The summed E-state index contributed by atoms with van der Waals surface area (Å²) >= 11 is 5.89. The number of halogens is 1. The molecule has 1 aromatic carbocycles. The quantitative estimate of drug-likeness (QED) is 0.680. The summed E-state index contributed by atoms with van der Waals surface area (Å²) in [4.78, 5) is 1.01. The van der Waals surface area contributed by atoms with E-state index < -0.39 is 10.0 Å². The Labute approximate surface area is 81.7 Å². The Morgan fingerprint density at radius 1 is 1.58 bits per heavy atom. The minimum Gasteiger partial charge on any atom is -0.295 e. The summed E-state index contributed by atoms with van der Waals surface area (Å²) in [6.45, 7) is 1.91. The molecule has 2 rings (SSSR count). The van der Waals surface area contributed by atoms with Crippen LogP contribution in [-0.2, 0) is 10.0 Å². The van der Waals surface area contributed by atoms with Crippen molar-refractivity contribution in [1.29, 1.82) is 0 Å². The van der Waals surface area contributed by atoms with Gasteiger partial charge in [-0.25, -0.2) is 4.21 Å². The zero-order valence-electron chi connectivity index (χ0n) is 6.26. The lowest BCUT2D eigenvalue weighted by atomic mass is 10.2. The van der Waals surface area contributed by atoms with Gasteiger partial charge in [-0.2, -0.15) is 0 Å². The average molecular weight is 220 g/mol. The van der Waals surface area contributed by atoms with E-state index in [2.05, 4.69) is 4.72 Å². The summed E-state index contributed by atoms with van der Waals surface area (Å²) in [5.41, 5.74) is 1.87. The molecule has 1 atom stereocenters. The molecule has 0 aliphatic carbocycles. The molecule has 1 aliphatic heterocycles. The van der Waals surface area contributed by atoms with Gasteiger partial charge in [-0.3, -0.25) is 4.72 Å². The minimum absolute atomic E-state index is 0.709. The summed E-state index contributed by atoms with van der Waals surface area (Å²) < 4.78 is 13.9. The lowest BCUT2D eigenvalue weighted by molar-refractivity contribution is 0.694. The van der Waals surface area contributed by atoms with E-state index in [0.29, 0.717) is 5.02 Å². The van der Waals surface area contributed by atoms with E-state index in [0.717, 1.165) is 16.1 Å². The second-order valence-electron chi connectivity index (χ2n) is 2.47. The van der Waals surface area contributed by atoms with Crippen LogP contribution in [-0.4, -0.2) is 4.21 Å². The highest BCUT2D eigenvalue weighted by atomic mass is 35.5. The first-order chi connectivity index (χ1) is 5.68. The van der Waals surface area contributed by atoms with Gasteiger partial charge in [0.1, 0.15) is 0 Å². The number of hydrogen-bond acceptors (Lipinski definition) is 2. The first-order valence-corrected chi connectivity index (χ1v) is 6.20. The van der Waals surface area contributed by atoms with Gasteiger partial charge in [-0.15, -0.1) is 0 Å². The predicted octanol–water partition coefficient (Wildman–Crippen LogP) is 2.74. The molecular formula is C7H6ClNOS2. The third kappa shape index (κ3) is 1.24. The highest BCUT2D eigenvalue weighted by Gasteiger charge is 2.20. The van der Waals surface area contributed by atoms with Gasteiger partial charge in [0, 0.05) is 9.92 Å². The van der Waals surface area contributed by atoms with Crippen molar-refractivity contribution in [3.05, 3.63) is 22.7 Å². The second-order valence-corrected chi connectivity index (χ2v) is 5.56. The summed E-state index contributed by atoms with van der Waals surface area (Å²) in [6, 6.07) is 3.71. The Kier molecular flexibility index (Phi) is 2.06. The first-order valence-electron chi connectivity index (χ1n) is 3.34. The van der Waals surface area contributed by atoms with Crippen molar-refractivity contribution < 1.29 is 4.21 Å². The molecule has 12 heavy (non-hydrogen) atoms. The van der Waals surface area contributed by atoms with E-state index in [4.69, 9.17) is 11.6 Å². The van der Waals surface area contributed by atoms with E-state index in [1.54, 1.807) is 0 Å². The molecule has 2 nitrogen and oxygen atoms in total. The van der Waals surface area contributed by atoms with Crippen molar-refractivity contribution in [2.75, 3.05) is 4.72 Å². The third-order valence-electron chi connectivity index (χ3n) is 1.71. The van der Waals surface area contributed by atoms with Gasteiger partial charge in [0.2, 0.25) is 0 Å². The number of benzene rings is 1. The Balaban J connectivity index is 2.61. The zero-order chi connectivity index (χ0) is 8.72. The molecule has 1 N–H and O–H groups in total. The molecule has 5 heteroatoms. The van der Waals surface area contributed by atoms with E-state index >= 15 is 0 Å². The molecule has 0 fully saturated rings. The minimum atomic E-state index is -1.03. The topological polar surface area (TPSA) is 29.1 Å². The van der Waals surface area contributed by atoms with Crippen LogP contribution in [0.25, 0.3) is 0 Å². The molecule has 0 saturated carbocycles. The molecule has 0 amide bonds. The molecule has 1 heterocycles. The fourth-order valence-corrected chi connectivity index (χ4v) is 3.59. The maximum Gasteiger partial charge on any atom is 0.184 e. The van der Waals surface area contributed by atoms with Gasteiger partial charge >= 0.3 is 0 Å². The van der Waals surface area contributed by atoms with Crippen LogP contribution in [0.2, 0.25) is 5.02 Å². The smallest absolute Gasteiger partial charge is 0.184 e. The van der Waals surface area contributed by atoms with Crippen LogP contribution >= 0.6 is 22.4 Å². The highest BCUT2D eigenvalue weighted by molar-refractivity contribution is 8.70. The van der Waals surface area contributed by atoms with Crippen molar-refractivity contribution in [3.8, 4) is 0 Å². The van der Waals surface area contributed by atoms with Gasteiger partial charge in [0.05, 0.1) is 5.69 Å². The maximum absolute atomic E-state index is 11.1. The number of nitrogens with one attached hydrogen (secondary N) is 1. The number of hydrogen-bond donors (Lipinski definition) is 1. The molecule has 64 valence electrons. The normalized spacial score (nSPS) is 20.3. The summed E-state index contributed by atoms with van der Waals surface area (Å²) in [5.74, 6) is 0. The van der Waals surface area contributed by atoms with Gasteiger partial charge in [-0.1, -0.05) is 11.6 Å². The fraction of sp³-hybridized carbons (Fsp3) is 0.143. The van der Waals surface area contributed by atoms with Crippen LogP contribution in [0.4, 0.5) is 5.69 Å². The van der Waals surface area contributed by atoms with Crippen molar-refractivity contribution in [3.63, 3.8) is 0 Å². The molecule has 0 unspecified atom stereocenters. The van der Waals surface area contributed by atoms with Crippen LogP contribution in [0.5, 0.6) is 0 Å². The Morgan fingerprint density at radius 2 is 2.33 bits per heavy atom. The lowest BCUT2D eigenvalue weighted by Gasteiger charge is -2.02. The molecule has 0 bridgehead atoms. The number of rotatable bonds is 0. The van der Waals surface area contributed by atoms with Crippen LogP contribution < -0.4 is 4.72 Å². The van der Waals surface area contributed by atoms with Crippen molar-refractivity contribution in [2.24, 2.45) is 0 Å². The standard InChI is InChI=1S/C7H6ClNOS2/c1-4-5(8)2-3-6-7(4)9-12(10)11-6/h2-3,9H,1H3/t12-/m0/s1. The predicted molar refractivity (Wildman–Crippen MR) is 53.8 cm³/mol. The van der Waals surface area contributed by atoms with Crippen LogP contribution in [0.15, 0.2) is 17.0 Å². The zero-order valence-corrected chi connectivity index (χ0v) is 8.65. The summed E-state index contributed by atoms with van der Waals surface area (Å²) in [6.07, 6.45) is 0. The SMILES string of the molecule is Cc1c(Cl)ccc2c1N[S@@](=O)S2. The molecule has 1 aliphatic rings. The molecule has 0 aromatic heterocycles. The van der Waals surface area contributed by atoms with Gasteiger partial charge in [0.25, 0.3) is 0 Å². The lowest BCUT2D eigenvalue weighted by Crippen LogP contribution is -1.93. The molecule has 0 spiro atoms. The van der Waals surface area contributed by atoms with Crippen LogP contribution in [0.1, 0.15) is 5.56 Å². The second kappa shape index (κ2) is 2.94. The fourth-order valence-electron chi connectivity index (χ4n) is 1.04. The maximum atomic E-state index is 11.1. The van der Waals surface area contributed by atoms with Gasteiger partial charge < -0.3 is 0 Å². The highest BCUT2D eigenvalue weighted by Crippen LogP contribution is 2.41. The van der Waals surface area contributed by atoms with E-state index in [9.17, 15) is 4.21 Å². The van der Waals surface area contributed by atoms with Crippen molar-refractivity contribution >= 4 is 38.1 Å². The Morgan fingerprint density at radius 3 is 3.08 bits per heavy atom. The third-order valence-corrected chi connectivity index (χ3v) is 4.41. The van der Waals surface area contributed by atoms with Crippen molar-refractivity contribution in [2.45, 2.75) is 11.8 Å². The van der Waals surface area contributed by atoms with Gasteiger partial charge in [-0.05, 0) is 35.4 Å². The van der Waals surface area contributed by atoms with E-state index in [1.165, 1.54) is 10.8 Å². The summed E-state index contributed by atoms with van der Waals surface area (Å²) in [5, 5.41) is 0.709. The average Bonchev–Trinajstić information content (AvgIpc) is 2.39. The van der Waals surface area contributed by atoms with Gasteiger partial charge in [0.15, 0.2) is 10.0 Å². The Bertz CT molecular complexity index is 367. The first kappa shape index (κ1) is 8.41. The molecule has 0 saturated heterocycles. The molecule has 1 aromatic rings. The number of fused-ring (bicyclic) bond motifs is 1. The van der Waals surface area contributed by atoms with Crippen LogP contribution in [0, 0.1) is 6.92 Å². The van der Waals surface area contributed by atoms with E-state index in [-0.39, 0.29) is 0 Å². The molecular weight excluding hydrogens is 214 g/mol. The number of anilines is 1. The largest absolute Gasteiger partial charge is 0.295 e. The molecule has 0 radical (unpaired) electrons. The van der Waals surface area contributed by atoms with E-state index in [1.807, 2.05) is 19.1 Å². The van der Waals surface area contributed by atoms with Crippen LogP contribution in [0.3, 0.4) is 0 Å².